The first-order chi connectivity index (χ1) is 14.5. The van der Waals surface area contributed by atoms with Crippen LogP contribution >= 0.6 is 11.6 Å². The second-order valence-corrected chi connectivity index (χ2v) is 10.4. The Morgan fingerprint density at radius 1 is 1.23 bits per heavy atom. The van der Waals surface area contributed by atoms with E-state index in [0.717, 1.165) is 0 Å². The Morgan fingerprint density at radius 3 is 2.55 bits per heavy atom. The second kappa shape index (κ2) is 7.91. The number of carbonyl (C=O) groups excluding carboxylic acids is 1. The summed E-state index contributed by atoms with van der Waals surface area (Å²) in [6, 6.07) is 3.61. The maximum atomic E-state index is 15.1. The number of benzene rings is 1. The van der Waals surface area contributed by atoms with Crippen LogP contribution in [0.25, 0.3) is 0 Å². The molecule has 0 spiro atoms. The number of carbonyl (C=O) groups is 1. The number of sulfonamides is 1. The number of halogens is 4. The van der Waals surface area contributed by atoms with Crippen LogP contribution in [-0.2, 0) is 20.4 Å². The van der Waals surface area contributed by atoms with Crippen LogP contribution < -0.4 is 15.4 Å². The van der Waals surface area contributed by atoms with Gasteiger partial charge in [0.25, 0.3) is 5.92 Å². The Kier molecular flexibility index (Phi) is 5.70. The number of hydrogen-bond donors (Lipinski definition) is 3. The lowest BCUT2D eigenvalue weighted by Crippen LogP contribution is -2.65. The average molecular weight is 476 g/mol. The summed E-state index contributed by atoms with van der Waals surface area (Å²) in [6.45, 7) is 0. The fourth-order valence-electron chi connectivity index (χ4n) is 4.23. The molecular weight excluding hydrogens is 455 g/mol. The van der Waals surface area contributed by atoms with Crippen molar-refractivity contribution >= 4 is 27.5 Å². The third-order valence-corrected chi connectivity index (χ3v) is 7.55. The fraction of sp³-hybridized carbons (Fsp3) is 0.450. The zero-order valence-electron chi connectivity index (χ0n) is 16.2. The molecular formula is C20H21ClF3N3O3S. The van der Waals surface area contributed by atoms with Gasteiger partial charge < -0.3 is 10.6 Å². The minimum absolute atomic E-state index is 0.0573. The first-order valence-electron chi connectivity index (χ1n) is 9.77. The lowest BCUT2D eigenvalue weighted by atomic mass is 9.77. The van der Waals surface area contributed by atoms with Crippen LogP contribution in [0.1, 0.15) is 24.8 Å². The number of hydrogen-bond acceptors (Lipinski definition) is 4. The second-order valence-electron chi connectivity index (χ2n) is 8.09. The Hall–Kier alpha value is -1.88. The molecule has 3 atom stereocenters. The minimum Gasteiger partial charge on any atom is -0.340 e. The lowest BCUT2D eigenvalue weighted by molar-refractivity contribution is -0.125. The van der Waals surface area contributed by atoms with Crippen LogP contribution in [0.15, 0.2) is 48.3 Å². The maximum absolute atomic E-state index is 15.1. The van der Waals surface area contributed by atoms with Gasteiger partial charge in [0.2, 0.25) is 15.9 Å². The topological polar surface area (TPSA) is 87.3 Å². The van der Waals surface area contributed by atoms with Crippen molar-refractivity contribution in [1.29, 1.82) is 0 Å². The molecule has 2 fully saturated rings. The van der Waals surface area contributed by atoms with Gasteiger partial charge >= 0.3 is 0 Å². The first-order valence-corrected chi connectivity index (χ1v) is 11.8. The molecule has 3 N–H and O–H groups in total. The van der Waals surface area contributed by atoms with Crippen molar-refractivity contribution in [3.8, 4) is 0 Å². The highest BCUT2D eigenvalue weighted by atomic mass is 35.5. The molecule has 0 radical (unpaired) electrons. The Bertz CT molecular complexity index is 1050. The number of amides is 1. The number of nitrogens with one attached hydrogen (secondary N) is 3. The smallest absolute Gasteiger partial charge is 0.251 e. The van der Waals surface area contributed by atoms with E-state index in [9.17, 15) is 22.0 Å². The Morgan fingerprint density at radius 2 is 1.94 bits per heavy atom. The van der Waals surface area contributed by atoms with Crippen molar-refractivity contribution in [2.75, 3.05) is 5.75 Å². The highest BCUT2D eigenvalue weighted by molar-refractivity contribution is 7.89. The zero-order valence-corrected chi connectivity index (χ0v) is 17.8. The van der Waals surface area contributed by atoms with Gasteiger partial charge in [-0.05, 0) is 18.6 Å². The SMILES string of the molecule is O=C(NC1(c2ccccc2Cl)C=CC=C(F)C1NC1CC(F)(F)C1)[C@@H]1CCS(=O)(=O)N1. The summed E-state index contributed by atoms with van der Waals surface area (Å²) >= 11 is 6.39. The van der Waals surface area contributed by atoms with Gasteiger partial charge in [0.1, 0.15) is 17.4 Å². The Labute approximate surface area is 183 Å². The molecule has 1 aromatic rings. The molecule has 1 aliphatic heterocycles. The summed E-state index contributed by atoms with van der Waals surface area (Å²) in [7, 11) is -3.56. The van der Waals surface area contributed by atoms with E-state index in [1.807, 2.05) is 0 Å². The minimum atomic E-state index is -3.56. The maximum Gasteiger partial charge on any atom is 0.251 e. The Balaban J connectivity index is 1.71. The number of alkyl halides is 2. The summed E-state index contributed by atoms with van der Waals surface area (Å²) in [5.41, 5.74) is -1.19. The van der Waals surface area contributed by atoms with Crippen LogP contribution in [0.4, 0.5) is 13.2 Å². The van der Waals surface area contributed by atoms with E-state index in [-0.39, 0.29) is 17.2 Å². The molecule has 2 aliphatic carbocycles. The molecule has 1 saturated heterocycles. The fourth-order valence-corrected chi connectivity index (χ4v) is 5.85. The van der Waals surface area contributed by atoms with Gasteiger partial charge in [0.05, 0.1) is 11.8 Å². The largest absolute Gasteiger partial charge is 0.340 e. The van der Waals surface area contributed by atoms with E-state index >= 15 is 4.39 Å². The molecule has 1 aromatic carbocycles. The highest BCUT2D eigenvalue weighted by Gasteiger charge is 2.51. The predicted molar refractivity (Wildman–Crippen MR) is 110 cm³/mol. The summed E-state index contributed by atoms with van der Waals surface area (Å²) in [5.74, 6) is -4.34. The van der Waals surface area contributed by atoms with Crippen molar-refractivity contribution in [2.24, 2.45) is 0 Å². The van der Waals surface area contributed by atoms with Crippen molar-refractivity contribution in [3.05, 3.63) is 58.9 Å². The zero-order chi connectivity index (χ0) is 22.4. The average Bonchev–Trinajstić information content (AvgIpc) is 3.03. The summed E-state index contributed by atoms with van der Waals surface area (Å²) in [4.78, 5) is 13.0. The molecule has 168 valence electrons. The van der Waals surface area contributed by atoms with Crippen LogP contribution in [0.2, 0.25) is 5.02 Å². The van der Waals surface area contributed by atoms with E-state index in [4.69, 9.17) is 11.6 Å². The van der Waals surface area contributed by atoms with Crippen LogP contribution in [0.5, 0.6) is 0 Å². The molecule has 11 heteroatoms. The van der Waals surface area contributed by atoms with Crippen LogP contribution in [-0.4, -0.2) is 44.1 Å². The van der Waals surface area contributed by atoms with Gasteiger partial charge in [0.15, 0.2) is 0 Å². The first kappa shape index (κ1) is 22.3. The number of rotatable bonds is 5. The van der Waals surface area contributed by atoms with Gasteiger partial charge in [-0.15, -0.1) is 0 Å². The van der Waals surface area contributed by atoms with Crippen molar-refractivity contribution in [3.63, 3.8) is 0 Å². The van der Waals surface area contributed by atoms with E-state index in [1.165, 1.54) is 18.2 Å². The van der Waals surface area contributed by atoms with Gasteiger partial charge in [-0.25, -0.2) is 26.3 Å². The third-order valence-electron chi connectivity index (χ3n) is 5.80. The molecule has 1 amide bonds. The molecule has 0 aromatic heterocycles. The van der Waals surface area contributed by atoms with Gasteiger partial charge in [0, 0.05) is 29.5 Å². The lowest BCUT2D eigenvalue weighted by Gasteiger charge is -2.46. The standard InChI is InChI=1S/C20H21ClF3N3O3S/c21-14-5-2-1-4-13(14)20(26-18(28)16-7-9-31(29,30)27-16)8-3-6-15(22)17(20)25-12-10-19(23,24)11-12/h1-6,8,12,16-17,25,27H,7,9-11H2,(H,26,28)/t16-,17?,20?/m0/s1. The van der Waals surface area contributed by atoms with E-state index < -0.39 is 64.2 Å². The molecule has 4 rings (SSSR count). The molecule has 1 saturated carbocycles. The molecule has 1 heterocycles. The third kappa shape index (κ3) is 4.39. The normalized spacial score (nSPS) is 31.7. The van der Waals surface area contributed by atoms with Crippen LogP contribution in [0, 0.1) is 0 Å². The highest BCUT2D eigenvalue weighted by Crippen LogP contribution is 2.42. The van der Waals surface area contributed by atoms with E-state index in [0.29, 0.717) is 5.56 Å². The monoisotopic (exact) mass is 475 g/mol. The van der Waals surface area contributed by atoms with Crippen molar-refractivity contribution in [1.82, 2.24) is 15.4 Å². The molecule has 0 bridgehead atoms. The quantitative estimate of drug-likeness (QED) is 0.610. The van der Waals surface area contributed by atoms with Crippen molar-refractivity contribution in [2.45, 2.75) is 48.8 Å². The van der Waals surface area contributed by atoms with Gasteiger partial charge in [-0.3, -0.25) is 4.79 Å². The summed E-state index contributed by atoms with van der Waals surface area (Å²) in [5, 5.41) is 5.90. The van der Waals surface area contributed by atoms with Crippen molar-refractivity contribution < 1.29 is 26.4 Å². The molecule has 2 unspecified atom stereocenters. The predicted octanol–water partition coefficient (Wildman–Crippen LogP) is 2.52. The summed E-state index contributed by atoms with van der Waals surface area (Å²) in [6.07, 6.45) is 3.29. The number of allylic oxidation sites excluding steroid dienone is 2. The van der Waals surface area contributed by atoms with E-state index in [1.54, 1.807) is 24.3 Å². The molecule has 6 nitrogen and oxygen atoms in total. The van der Waals surface area contributed by atoms with Gasteiger partial charge in [-0.2, -0.15) is 0 Å². The van der Waals surface area contributed by atoms with E-state index in [2.05, 4.69) is 15.4 Å². The van der Waals surface area contributed by atoms with Crippen LogP contribution in [0.3, 0.4) is 0 Å². The molecule has 3 aliphatic rings. The van der Waals surface area contributed by atoms with Gasteiger partial charge in [-0.1, -0.05) is 42.0 Å². The summed E-state index contributed by atoms with van der Waals surface area (Å²) < 4.78 is 67.6. The molecule has 31 heavy (non-hydrogen) atoms.